The predicted octanol–water partition coefficient (Wildman–Crippen LogP) is 0.695. The maximum atomic E-state index is 13.1. The molecule has 0 bridgehead atoms. The number of halogens is 1. The highest BCUT2D eigenvalue weighted by molar-refractivity contribution is 6.09. The molecule has 0 radical (unpaired) electrons. The summed E-state index contributed by atoms with van der Waals surface area (Å²) in [5, 5.41) is 8.59. The van der Waals surface area contributed by atoms with Crippen molar-refractivity contribution in [2.24, 2.45) is 7.05 Å². The third-order valence-electron chi connectivity index (χ3n) is 3.38. The summed E-state index contributed by atoms with van der Waals surface area (Å²) in [5.41, 5.74) is 1.05. The lowest BCUT2D eigenvalue weighted by Gasteiger charge is -2.13. The Morgan fingerprint density at radius 3 is 2.77 bits per heavy atom. The molecule has 1 aliphatic heterocycles. The maximum Gasteiger partial charge on any atom is 0.263 e. The molecule has 4 heterocycles. The minimum atomic E-state index is -0.728. The zero-order valence-corrected chi connectivity index (χ0v) is 11.5. The van der Waals surface area contributed by atoms with E-state index in [0.29, 0.717) is 17.1 Å². The molecule has 110 valence electrons. The monoisotopic (exact) mass is 299 g/mol. The van der Waals surface area contributed by atoms with Gasteiger partial charge < -0.3 is 0 Å². The smallest absolute Gasteiger partial charge is 0.263 e. The first-order valence-corrected chi connectivity index (χ1v) is 6.50. The lowest BCUT2D eigenvalue weighted by atomic mass is 10.3. The summed E-state index contributed by atoms with van der Waals surface area (Å²) in [6, 6.07) is 1.79. The summed E-state index contributed by atoms with van der Waals surface area (Å²) in [7, 11) is 1.80. The molecule has 9 heteroatoms. The van der Waals surface area contributed by atoms with Crippen LogP contribution in [0.2, 0.25) is 0 Å². The van der Waals surface area contributed by atoms with E-state index in [4.69, 9.17) is 0 Å². The molecule has 3 aromatic rings. The Labute approximate surface area is 123 Å². The number of hydrogen-bond acceptors (Lipinski definition) is 5. The van der Waals surface area contributed by atoms with Crippen molar-refractivity contribution in [2.75, 3.05) is 4.90 Å². The van der Waals surface area contributed by atoms with Gasteiger partial charge >= 0.3 is 0 Å². The minimum Gasteiger partial charge on any atom is -0.285 e. The lowest BCUT2D eigenvalue weighted by molar-refractivity contribution is 0.0995. The summed E-state index contributed by atoms with van der Waals surface area (Å²) in [5.74, 6) is -0.209. The van der Waals surface area contributed by atoms with Gasteiger partial charge in [0.1, 0.15) is 0 Å². The Morgan fingerprint density at radius 1 is 1.23 bits per heavy atom. The first kappa shape index (κ1) is 12.6. The van der Waals surface area contributed by atoms with E-state index in [-0.39, 0.29) is 18.3 Å². The molecule has 0 spiro atoms. The summed E-state index contributed by atoms with van der Waals surface area (Å²) in [4.78, 5) is 21.1. The number of fused-ring (bicyclic) bond motifs is 1. The SMILES string of the molecule is Cn1ccc(-n2cc3c(n2)CN(c2cncc(F)n2)C3=O)n1. The quantitative estimate of drug-likeness (QED) is 0.695. The third-order valence-corrected chi connectivity index (χ3v) is 3.38. The lowest BCUT2D eigenvalue weighted by Crippen LogP contribution is -2.25. The van der Waals surface area contributed by atoms with Crippen LogP contribution < -0.4 is 4.90 Å². The average molecular weight is 299 g/mol. The fraction of sp³-hybridized carbons (Fsp3) is 0.154. The van der Waals surface area contributed by atoms with Crippen LogP contribution in [0.4, 0.5) is 10.2 Å². The average Bonchev–Trinajstić information content (AvgIpc) is 3.15. The van der Waals surface area contributed by atoms with Crippen molar-refractivity contribution >= 4 is 11.7 Å². The summed E-state index contributed by atoms with van der Waals surface area (Å²) in [6.45, 7) is 0.228. The normalized spacial score (nSPS) is 13.7. The molecule has 0 fully saturated rings. The molecule has 22 heavy (non-hydrogen) atoms. The molecule has 0 saturated carbocycles. The summed E-state index contributed by atoms with van der Waals surface area (Å²) < 4.78 is 16.4. The Hall–Kier alpha value is -3.10. The van der Waals surface area contributed by atoms with Gasteiger partial charge in [-0.15, -0.1) is 0 Å². The van der Waals surface area contributed by atoms with Crippen LogP contribution in [0.15, 0.2) is 30.9 Å². The van der Waals surface area contributed by atoms with E-state index in [1.54, 1.807) is 34.9 Å². The Kier molecular flexibility index (Phi) is 2.55. The molecular formula is C13H10FN7O. The number of hydrogen-bond donors (Lipinski definition) is 0. The molecular weight excluding hydrogens is 289 g/mol. The molecule has 1 amide bonds. The molecule has 3 aromatic heterocycles. The van der Waals surface area contributed by atoms with Crippen LogP contribution in [0.3, 0.4) is 0 Å². The molecule has 0 N–H and O–H groups in total. The molecule has 0 unspecified atom stereocenters. The van der Waals surface area contributed by atoms with Crippen molar-refractivity contribution in [1.82, 2.24) is 29.5 Å². The van der Waals surface area contributed by atoms with E-state index < -0.39 is 5.95 Å². The zero-order valence-electron chi connectivity index (χ0n) is 11.5. The van der Waals surface area contributed by atoms with Crippen LogP contribution in [0.25, 0.3) is 5.82 Å². The number of carbonyl (C=O) groups excluding carboxylic acids is 1. The van der Waals surface area contributed by atoms with Crippen molar-refractivity contribution in [1.29, 1.82) is 0 Å². The fourth-order valence-corrected chi connectivity index (χ4v) is 2.36. The Bertz CT molecular complexity index is 884. The van der Waals surface area contributed by atoms with Gasteiger partial charge in [0.2, 0.25) is 5.95 Å². The van der Waals surface area contributed by atoms with Gasteiger partial charge in [0.25, 0.3) is 5.91 Å². The number of amides is 1. The number of aryl methyl sites for hydroxylation is 1. The fourth-order valence-electron chi connectivity index (χ4n) is 2.36. The second-order valence-electron chi connectivity index (χ2n) is 4.87. The first-order chi connectivity index (χ1) is 10.6. The molecule has 0 saturated heterocycles. The summed E-state index contributed by atoms with van der Waals surface area (Å²) in [6.07, 6.45) is 5.75. The van der Waals surface area contributed by atoms with Crippen LogP contribution in [0.5, 0.6) is 0 Å². The molecule has 4 rings (SSSR count). The van der Waals surface area contributed by atoms with E-state index in [0.717, 1.165) is 6.20 Å². The topological polar surface area (TPSA) is 81.7 Å². The number of carbonyl (C=O) groups is 1. The van der Waals surface area contributed by atoms with Gasteiger partial charge in [0.15, 0.2) is 11.6 Å². The van der Waals surface area contributed by atoms with Gasteiger partial charge in [0, 0.05) is 25.5 Å². The Morgan fingerprint density at radius 2 is 2.09 bits per heavy atom. The van der Waals surface area contributed by atoms with Gasteiger partial charge in [-0.05, 0) is 0 Å². The highest BCUT2D eigenvalue weighted by Gasteiger charge is 2.33. The zero-order chi connectivity index (χ0) is 15.3. The molecule has 1 aliphatic rings. The van der Waals surface area contributed by atoms with Crippen molar-refractivity contribution in [3.8, 4) is 5.82 Å². The van der Waals surface area contributed by atoms with Gasteiger partial charge in [-0.1, -0.05) is 0 Å². The summed E-state index contributed by atoms with van der Waals surface area (Å²) >= 11 is 0. The maximum absolute atomic E-state index is 13.1. The molecule has 0 atom stereocenters. The van der Waals surface area contributed by atoms with E-state index in [9.17, 15) is 9.18 Å². The first-order valence-electron chi connectivity index (χ1n) is 6.50. The minimum absolute atomic E-state index is 0.174. The number of nitrogens with zero attached hydrogens (tertiary/aromatic N) is 7. The van der Waals surface area contributed by atoms with Gasteiger partial charge in [-0.25, -0.2) is 4.68 Å². The van der Waals surface area contributed by atoms with Crippen LogP contribution in [-0.4, -0.2) is 35.4 Å². The standard InChI is InChI=1S/C13H10FN7O/c1-19-3-2-11(18-19)21-6-8-9(17-21)7-20(13(8)22)12-5-15-4-10(14)16-12/h2-6H,7H2,1H3. The van der Waals surface area contributed by atoms with Crippen LogP contribution in [0, 0.1) is 5.95 Å². The predicted molar refractivity (Wildman–Crippen MR) is 72.8 cm³/mol. The van der Waals surface area contributed by atoms with Crippen molar-refractivity contribution in [3.05, 3.63) is 48.1 Å². The van der Waals surface area contributed by atoms with Gasteiger partial charge in [0.05, 0.1) is 30.2 Å². The molecule has 8 nitrogen and oxygen atoms in total. The molecule has 0 aliphatic carbocycles. The number of anilines is 1. The Balaban J connectivity index is 1.68. The highest BCUT2D eigenvalue weighted by atomic mass is 19.1. The number of aromatic nitrogens is 6. The van der Waals surface area contributed by atoms with Crippen LogP contribution >= 0.6 is 0 Å². The van der Waals surface area contributed by atoms with Crippen molar-refractivity contribution in [2.45, 2.75) is 6.54 Å². The van der Waals surface area contributed by atoms with Crippen LogP contribution in [0.1, 0.15) is 16.1 Å². The van der Waals surface area contributed by atoms with Crippen LogP contribution in [-0.2, 0) is 13.6 Å². The second kappa shape index (κ2) is 4.45. The van der Waals surface area contributed by atoms with Gasteiger partial charge in [-0.3, -0.25) is 19.4 Å². The van der Waals surface area contributed by atoms with Crippen molar-refractivity contribution < 1.29 is 9.18 Å². The number of rotatable bonds is 2. The van der Waals surface area contributed by atoms with E-state index in [1.807, 2.05) is 0 Å². The highest BCUT2D eigenvalue weighted by Crippen LogP contribution is 2.26. The van der Waals surface area contributed by atoms with E-state index >= 15 is 0 Å². The van der Waals surface area contributed by atoms with Crippen molar-refractivity contribution in [3.63, 3.8) is 0 Å². The molecule has 0 aromatic carbocycles. The van der Waals surface area contributed by atoms with E-state index in [2.05, 4.69) is 20.2 Å². The van der Waals surface area contributed by atoms with E-state index in [1.165, 1.54) is 11.1 Å². The van der Waals surface area contributed by atoms with Gasteiger partial charge in [-0.2, -0.15) is 19.6 Å². The largest absolute Gasteiger partial charge is 0.285 e. The third kappa shape index (κ3) is 1.86. The second-order valence-corrected chi connectivity index (χ2v) is 4.87.